The number of aliphatic hydroxyl groups is 1. The topological polar surface area (TPSA) is 104 Å². The number of hydrogen-bond donors (Lipinski definition) is 3. The second-order valence-electron chi connectivity index (χ2n) is 4.53. The Bertz CT molecular complexity index is 469. The van der Waals surface area contributed by atoms with Gasteiger partial charge in [-0.1, -0.05) is 6.08 Å². The van der Waals surface area contributed by atoms with Crippen LogP contribution in [0.3, 0.4) is 0 Å². The van der Waals surface area contributed by atoms with Gasteiger partial charge >= 0.3 is 0 Å². The lowest BCUT2D eigenvalue weighted by atomic mass is 9.94. The Morgan fingerprint density at radius 2 is 2.17 bits per heavy atom. The van der Waals surface area contributed by atoms with E-state index in [-0.39, 0.29) is 0 Å². The van der Waals surface area contributed by atoms with Gasteiger partial charge in [0, 0.05) is 18.3 Å². The van der Waals surface area contributed by atoms with Gasteiger partial charge in [0.2, 0.25) is 0 Å². The van der Waals surface area contributed by atoms with Crippen LogP contribution < -0.4 is 5.73 Å². The average molecular weight is 276 g/mol. The van der Waals surface area contributed by atoms with Gasteiger partial charge in [-0.25, -0.2) is 0 Å². The molecule has 0 radical (unpaired) electrons. The van der Waals surface area contributed by atoms with Crippen LogP contribution in [-0.2, 0) is 10.1 Å². The molecular formula is C11H20N2O4S. The van der Waals surface area contributed by atoms with Gasteiger partial charge in [0.15, 0.2) is 0 Å². The van der Waals surface area contributed by atoms with Crippen molar-refractivity contribution in [3.63, 3.8) is 0 Å². The molecule has 0 heterocycles. The Morgan fingerprint density at radius 3 is 2.56 bits per heavy atom. The lowest BCUT2D eigenvalue weighted by Crippen LogP contribution is -2.51. The third kappa shape index (κ3) is 2.59. The highest BCUT2D eigenvalue weighted by Crippen LogP contribution is 2.29. The summed E-state index contributed by atoms with van der Waals surface area (Å²) in [7, 11) is -4.34. The van der Waals surface area contributed by atoms with Crippen molar-refractivity contribution < 1.29 is 18.1 Å². The molecule has 0 bridgehead atoms. The molecule has 3 unspecified atom stereocenters. The zero-order valence-corrected chi connectivity index (χ0v) is 11.6. The molecule has 7 heteroatoms. The first-order valence-electron chi connectivity index (χ1n) is 5.72. The van der Waals surface area contributed by atoms with Crippen LogP contribution >= 0.6 is 0 Å². The summed E-state index contributed by atoms with van der Waals surface area (Å²) >= 11 is 0. The van der Waals surface area contributed by atoms with Crippen molar-refractivity contribution in [2.45, 2.75) is 37.8 Å². The molecule has 6 nitrogen and oxygen atoms in total. The molecule has 0 saturated carbocycles. The molecule has 0 aromatic heterocycles. The summed E-state index contributed by atoms with van der Waals surface area (Å²) in [6, 6.07) is -0.830. The second kappa shape index (κ2) is 5.00. The molecule has 1 aliphatic rings. The fraction of sp³-hybridized carbons (Fsp3) is 0.636. The maximum atomic E-state index is 11.5. The Morgan fingerprint density at radius 1 is 1.61 bits per heavy atom. The van der Waals surface area contributed by atoms with Crippen LogP contribution in [0, 0.1) is 0 Å². The van der Waals surface area contributed by atoms with Crippen LogP contribution in [-0.4, -0.2) is 46.5 Å². The van der Waals surface area contributed by atoms with Crippen molar-refractivity contribution in [2.24, 2.45) is 5.73 Å². The van der Waals surface area contributed by atoms with Crippen LogP contribution in [0.4, 0.5) is 0 Å². The van der Waals surface area contributed by atoms with E-state index in [1.165, 1.54) is 19.1 Å². The van der Waals surface area contributed by atoms with Gasteiger partial charge in [-0.3, -0.25) is 4.55 Å². The van der Waals surface area contributed by atoms with E-state index in [4.69, 9.17) is 5.73 Å². The zero-order valence-electron chi connectivity index (χ0n) is 10.7. The number of aliphatic hydroxyl groups excluding tert-OH is 1. The molecule has 0 aromatic carbocycles. The molecule has 0 aromatic rings. The molecule has 0 saturated heterocycles. The van der Waals surface area contributed by atoms with Crippen LogP contribution in [0.1, 0.15) is 20.8 Å². The largest absolute Gasteiger partial charge is 0.374 e. The maximum absolute atomic E-state index is 11.5. The highest BCUT2D eigenvalue weighted by atomic mass is 32.2. The first kappa shape index (κ1) is 15.2. The molecule has 4 N–H and O–H groups in total. The van der Waals surface area contributed by atoms with Crippen LogP contribution in [0.5, 0.6) is 0 Å². The quantitative estimate of drug-likeness (QED) is 0.496. The Balaban J connectivity index is 3.25. The van der Waals surface area contributed by atoms with Crippen LogP contribution in [0.2, 0.25) is 0 Å². The lowest BCUT2D eigenvalue weighted by Gasteiger charge is -2.35. The standard InChI is InChI=1S/C11H20N2O4S/c1-4-13(8(2)14)9-5-6-10(12)11(3,7-9)18(15,16)17/h5-8,10,14H,4,12H2,1-3H3,(H,15,16,17). The molecule has 1 rings (SSSR count). The van der Waals surface area contributed by atoms with Crippen molar-refractivity contribution in [2.75, 3.05) is 6.54 Å². The van der Waals surface area contributed by atoms with E-state index in [1.54, 1.807) is 17.9 Å². The first-order valence-corrected chi connectivity index (χ1v) is 7.16. The highest BCUT2D eigenvalue weighted by molar-refractivity contribution is 7.87. The van der Waals surface area contributed by atoms with E-state index in [0.717, 1.165) is 0 Å². The molecule has 18 heavy (non-hydrogen) atoms. The van der Waals surface area contributed by atoms with Crippen molar-refractivity contribution in [1.29, 1.82) is 0 Å². The third-order valence-corrected chi connectivity index (χ3v) is 4.75. The maximum Gasteiger partial charge on any atom is 0.275 e. The van der Waals surface area contributed by atoms with E-state index >= 15 is 0 Å². The summed E-state index contributed by atoms with van der Waals surface area (Å²) in [6.07, 6.45) is 3.77. The minimum Gasteiger partial charge on any atom is -0.374 e. The number of allylic oxidation sites excluding steroid dienone is 1. The summed E-state index contributed by atoms with van der Waals surface area (Å²) < 4.78 is 30.7. The van der Waals surface area contributed by atoms with Crippen LogP contribution in [0.25, 0.3) is 0 Å². The predicted octanol–water partition coefficient (Wildman–Crippen LogP) is 0.0741. The van der Waals surface area contributed by atoms with E-state index in [2.05, 4.69) is 0 Å². The van der Waals surface area contributed by atoms with E-state index in [9.17, 15) is 18.1 Å². The van der Waals surface area contributed by atoms with Crippen molar-refractivity contribution >= 4 is 10.1 Å². The fourth-order valence-corrected chi connectivity index (χ4v) is 2.61. The lowest BCUT2D eigenvalue weighted by molar-refractivity contribution is 0.0505. The average Bonchev–Trinajstić information content (AvgIpc) is 2.22. The summed E-state index contributed by atoms with van der Waals surface area (Å²) in [6.45, 7) is 5.27. The van der Waals surface area contributed by atoms with E-state index < -0.39 is 27.1 Å². The van der Waals surface area contributed by atoms with Gasteiger partial charge in [0.1, 0.15) is 11.0 Å². The van der Waals surface area contributed by atoms with Gasteiger partial charge in [-0.05, 0) is 32.9 Å². The van der Waals surface area contributed by atoms with Gasteiger partial charge in [-0.2, -0.15) is 8.42 Å². The normalized spacial score (nSPS) is 29.9. The van der Waals surface area contributed by atoms with Gasteiger partial charge in [0.05, 0.1) is 0 Å². The van der Waals surface area contributed by atoms with Gasteiger partial charge in [0.25, 0.3) is 10.1 Å². The van der Waals surface area contributed by atoms with Crippen molar-refractivity contribution in [1.82, 2.24) is 4.90 Å². The minimum atomic E-state index is -4.34. The summed E-state index contributed by atoms with van der Waals surface area (Å²) in [5, 5.41) is 9.61. The smallest absolute Gasteiger partial charge is 0.275 e. The predicted molar refractivity (Wildman–Crippen MR) is 69.2 cm³/mol. The number of nitrogens with two attached hydrogens (primary N) is 1. The summed E-state index contributed by atoms with van der Waals surface area (Å²) in [4.78, 5) is 1.60. The fourth-order valence-electron chi connectivity index (χ4n) is 1.92. The first-order chi connectivity index (χ1) is 8.13. The Kier molecular flexibility index (Phi) is 4.22. The molecular weight excluding hydrogens is 256 g/mol. The Hall–Kier alpha value is -0.890. The monoisotopic (exact) mass is 276 g/mol. The van der Waals surface area contributed by atoms with Crippen molar-refractivity contribution in [3.8, 4) is 0 Å². The SMILES string of the molecule is CCN(C1=CC(C)(S(=O)(=O)O)C(N)C=C1)C(C)O. The summed E-state index contributed by atoms with van der Waals surface area (Å²) in [5.41, 5.74) is 6.25. The van der Waals surface area contributed by atoms with Gasteiger partial charge < -0.3 is 15.7 Å². The zero-order chi connectivity index (χ0) is 14.1. The Labute approximate surface area is 108 Å². The van der Waals surface area contributed by atoms with Crippen LogP contribution in [0.15, 0.2) is 23.9 Å². The third-order valence-electron chi connectivity index (χ3n) is 3.25. The molecule has 104 valence electrons. The molecule has 0 fully saturated rings. The molecule has 1 aliphatic carbocycles. The molecule has 0 amide bonds. The van der Waals surface area contributed by atoms with Crippen molar-refractivity contribution in [3.05, 3.63) is 23.9 Å². The number of nitrogens with zero attached hydrogens (tertiary/aromatic N) is 1. The number of rotatable bonds is 4. The molecule has 3 atom stereocenters. The molecule has 0 aliphatic heterocycles. The molecule has 0 spiro atoms. The second-order valence-corrected chi connectivity index (χ2v) is 6.36. The number of likely N-dealkylation sites (N-methyl/N-ethyl adjacent to an activating group) is 1. The summed E-state index contributed by atoms with van der Waals surface area (Å²) in [5.74, 6) is 0. The van der Waals surface area contributed by atoms with Gasteiger partial charge in [-0.15, -0.1) is 0 Å². The highest BCUT2D eigenvalue weighted by Gasteiger charge is 2.43. The van der Waals surface area contributed by atoms with E-state index in [1.807, 2.05) is 6.92 Å². The minimum absolute atomic E-state index is 0.505. The van der Waals surface area contributed by atoms with E-state index in [0.29, 0.717) is 12.2 Å². The number of hydrogen-bond acceptors (Lipinski definition) is 5.